The molecule has 0 amide bonds. The van der Waals surface area contributed by atoms with E-state index in [2.05, 4.69) is 20.7 Å². The summed E-state index contributed by atoms with van der Waals surface area (Å²) in [5.74, 6) is 0.412. The number of halogens is 4. The molecule has 0 saturated heterocycles. The van der Waals surface area contributed by atoms with E-state index >= 15 is 0 Å². The second-order valence-electron chi connectivity index (χ2n) is 3.70. The first-order chi connectivity index (χ1) is 8.29. The molecule has 0 aliphatic rings. The van der Waals surface area contributed by atoms with E-state index in [0.717, 1.165) is 4.47 Å². The molecule has 18 heavy (non-hydrogen) atoms. The van der Waals surface area contributed by atoms with Crippen LogP contribution in [0.2, 0.25) is 0 Å². The topological polar surface area (TPSA) is 44.5 Å². The van der Waals surface area contributed by atoms with Crippen molar-refractivity contribution < 1.29 is 22.6 Å². The molecule has 0 spiro atoms. The first-order valence-corrected chi connectivity index (χ1v) is 5.91. The minimum absolute atomic E-state index is 0.292. The normalized spacial score (nSPS) is 13.4. The van der Waals surface area contributed by atoms with Gasteiger partial charge < -0.3 is 15.2 Å². The van der Waals surface area contributed by atoms with Gasteiger partial charge in [-0.25, -0.2) is 0 Å². The highest BCUT2D eigenvalue weighted by Gasteiger charge is 2.27. The van der Waals surface area contributed by atoms with E-state index in [0.29, 0.717) is 11.3 Å². The van der Waals surface area contributed by atoms with Crippen molar-refractivity contribution in [3.8, 4) is 5.75 Å². The summed E-state index contributed by atoms with van der Waals surface area (Å²) in [6.45, 7) is -0.0525. The van der Waals surface area contributed by atoms with Gasteiger partial charge in [-0.05, 0) is 25.1 Å². The lowest BCUT2D eigenvalue weighted by atomic mass is 10.1. The molecular weight excluding hydrogens is 315 g/mol. The number of rotatable bonds is 5. The maximum Gasteiger partial charge on any atom is 0.411 e. The second kappa shape index (κ2) is 6.40. The summed E-state index contributed by atoms with van der Waals surface area (Å²) in [7, 11) is 0. The van der Waals surface area contributed by atoms with Crippen molar-refractivity contribution in [2.45, 2.75) is 19.1 Å². The lowest BCUT2D eigenvalue weighted by molar-refractivity contribution is -0.186. The molecule has 0 aliphatic carbocycles. The fraction of sp³-hybridized carbons (Fsp3) is 0.455. The van der Waals surface area contributed by atoms with Crippen molar-refractivity contribution in [2.75, 3.05) is 13.4 Å². The fourth-order valence-electron chi connectivity index (χ4n) is 1.27. The number of nitrogens with two attached hydrogens (primary N) is 1. The van der Waals surface area contributed by atoms with Gasteiger partial charge in [0.15, 0.2) is 6.79 Å². The lowest BCUT2D eigenvalue weighted by Crippen LogP contribution is -2.19. The SMILES string of the molecule is C[C@H](N)c1cc(Br)ccc1OCOCC(F)(F)F. The zero-order valence-corrected chi connectivity index (χ0v) is 11.2. The molecule has 7 heteroatoms. The van der Waals surface area contributed by atoms with Gasteiger partial charge >= 0.3 is 6.18 Å². The average molecular weight is 328 g/mol. The van der Waals surface area contributed by atoms with E-state index < -0.39 is 19.6 Å². The molecule has 1 aromatic carbocycles. The molecule has 0 saturated carbocycles. The highest BCUT2D eigenvalue weighted by Crippen LogP contribution is 2.27. The Morgan fingerprint density at radius 3 is 2.61 bits per heavy atom. The molecule has 0 bridgehead atoms. The van der Waals surface area contributed by atoms with Gasteiger partial charge in [-0.3, -0.25) is 0 Å². The number of hydrogen-bond donors (Lipinski definition) is 1. The van der Waals surface area contributed by atoms with Gasteiger partial charge in [0.25, 0.3) is 0 Å². The van der Waals surface area contributed by atoms with Gasteiger partial charge in [0.2, 0.25) is 0 Å². The van der Waals surface area contributed by atoms with Crippen molar-refractivity contribution in [2.24, 2.45) is 5.73 Å². The third kappa shape index (κ3) is 5.24. The predicted molar refractivity (Wildman–Crippen MR) is 64.2 cm³/mol. The van der Waals surface area contributed by atoms with E-state index in [9.17, 15) is 13.2 Å². The van der Waals surface area contributed by atoms with Crippen molar-refractivity contribution in [3.05, 3.63) is 28.2 Å². The maximum atomic E-state index is 11.8. The molecule has 0 radical (unpaired) electrons. The Balaban J connectivity index is 2.57. The summed E-state index contributed by atoms with van der Waals surface area (Å²) in [6.07, 6.45) is -4.35. The van der Waals surface area contributed by atoms with Crippen LogP contribution in [0, 0.1) is 0 Å². The Morgan fingerprint density at radius 1 is 1.39 bits per heavy atom. The highest BCUT2D eigenvalue weighted by molar-refractivity contribution is 9.10. The number of alkyl halides is 3. The first kappa shape index (κ1) is 15.3. The summed E-state index contributed by atoms with van der Waals surface area (Å²) >= 11 is 3.28. The molecular formula is C11H13BrF3NO2. The van der Waals surface area contributed by atoms with Crippen LogP contribution in [0.15, 0.2) is 22.7 Å². The van der Waals surface area contributed by atoms with Gasteiger partial charge in [-0.1, -0.05) is 15.9 Å². The molecule has 2 N–H and O–H groups in total. The quantitative estimate of drug-likeness (QED) is 0.666. The third-order valence-corrected chi connectivity index (χ3v) is 2.52. The molecule has 0 fully saturated rings. The zero-order valence-electron chi connectivity index (χ0n) is 9.63. The molecule has 0 unspecified atom stereocenters. The van der Waals surface area contributed by atoms with Crippen LogP contribution < -0.4 is 10.5 Å². The first-order valence-electron chi connectivity index (χ1n) is 5.12. The summed E-state index contributed by atoms with van der Waals surface area (Å²) in [5, 5.41) is 0. The van der Waals surface area contributed by atoms with Gasteiger partial charge in [-0.15, -0.1) is 0 Å². The molecule has 3 nitrogen and oxygen atoms in total. The number of ether oxygens (including phenoxy) is 2. The van der Waals surface area contributed by atoms with Crippen LogP contribution in [-0.2, 0) is 4.74 Å². The molecule has 0 aromatic heterocycles. The Hall–Kier alpha value is -0.790. The smallest absolute Gasteiger partial charge is 0.411 e. The predicted octanol–water partition coefficient (Wildman–Crippen LogP) is 3.38. The van der Waals surface area contributed by atoms with Crippen molar-refractivity contribution in [1.82, 2.24) is 0 Å². The summed E-state index contributed by atoms with van der Waals surface area (Å²) in [6, 6.07) is 4.80. The van der Waals surface area contributed by atoms with E-state index in [1.54, 1.807) is 25.1 Å². The molecule has 0 aliphatic heterocycles. The number of benzene rings is 1. The fourth-order valence-corrected chi connectivity index (χ4v) is 1.65. The van der Waals surface area contributed by atoms with E-state index in [4.69, 9.17) is 10.5 Å². The minimum Gasteiger partial charge on any atom is -0.467 e. The zero-order chi connectivity index (χ0) is 13.8. The molecule has 1 atom stereocenters. The largest absolute Gasteiger partial charge is 0.467 e. The Bertz CT molecular complexity index is 396. The maximum absolute atomic E-state index is 11.8. The van der Waals surface area contributed by atoms with Crippen LogP contribution in [0.3, 0.4) is 0 Å². The van der Waals surface area contributed by atoms with Crippen LogP contribution >= 0.6 is 15.9 Å². The van der Waals surface area contributed by atoms with Crippen LogP contribution in [-0.4, -0.2) is 19.6 Å². The third-order valence-electron chi connectivity index (χ3n) is 2.03. The monoisotopic (exact) mass is 327 g/mol. The van der Waals surface area contributed by atoms with Gasteiger partial charge in [0.1, 0.15) is 12.4 Å². The van der Waals surface area contributed by atoms with Gasteiger partial charge in [0, 0.05) is 16.1 Å². The van der Waals surface area contributed by atoms with Crippen LogP contribution in [0.25, 0.3) is 0 Å². The van der Waals surface area contributed by atoms with Gasteiger partial charge in [-0.2, -0.15) is 13.2 Å². The summed E-state index contributed by atoms with van der Waals surface area (Å²) < 4.78 is 45.8. The second-order valence-corrected chi connectivity index (χ2v) is 4.61. The van der Waals surface area contributed by atoms with Crippen LogP contribution in [0.4, 0.5) is 13.2 Å². The van der Waals surface area contributed by atoms with Crippen LogP contribution in [0.5, 0.6) is 5.75 Å². The van der Waals surface area contributed by atoms with Gasteiger partial charge in [0.05, 0.1) is 0 Å². The number of hydrogen-bond acceptors (Lipinski definition) is 3. The molecule has 0 heterocycles. The average Bonchev–Trinajstić information content (AvgIpc) is 2.24. The van der Waals surface area contributed by atoms with E-state index in [1.165, 1.54) is 0 Å². The van der Waals surface area contributed by atoms with Crippen molar-refractivity contribution in [3.63, 3.8) is 0 Å². The lowest BCUT2D eigenvalue weighted by Gasteiger charge is -2.15. The molecule has 102 valence electrons. The Morgan fingerprint density at radius 2 is 2.06 bits per heavy atom. The Labute approximate surface area is 111 Å². The van der Waals surface area contributed by atoms with E-state index in [1.807, 2.05) is 0 Å². The van der Waals surface area contributed by atoms with Crippen molar-refractivity contribution in [1.29, 1.82) is 0 Å². The molecule has 1 aromatic rings. The molecule has 1 rings (SSSR count). The highest BCUT2D eigenvalue weighted by atomic mass is 79.9. The Kier molecular flexibility index (Phi) is 5.43. The van der Waals surface area contributed by atoms with Crippen molar-refractivity contribution >= 4 is 15.9 Å². The summed E-state index contributed by atoms with van der Waals surface area (Å²) in [4.78, 5) is 0. The standard InChI is InChI=1S/C11H13BrF3NO2/c1-7(16)9-4-8(12)2-3-10(9)18-6-17-5-11(13,14)15/h2-4,7H,5-6,16H2,1H3/t7-/m0/s1. The summed E-state index contributed by atoms with van der Waals surface area (Å²) in [5.41, 5.74) is 6.43. The van der Waals surface area contributed by atoms with Crippen LogP contribution in [0.1, 0.15) is 18.5 Å². The van der Waals surface area contributed by atoms with E-state index in [-0.39, 0.29) is 6.04 Å². The minimum atomic E-state index is -4.35.